The molecule has 0 aromatic carbocycles. The molecule has 5 N–H and O–H groups in total. The lowest BCUT2D eigenvalue weighted by Crippen LogP contribution is -2.25. The van der Waals surface area contributed by atoms with Gasteiger partial charge in [0.2, 0.25) is 5.96 Å². The Balaban J connectivity index is 2.55. The summed E-state index contributed by atoms with van der Waals surface area (Å²) in [5.74, 6) is -3.79. The van der Waals surface area contributed by atoms with Gasteiger partial charge in [-0.15, -0.1) is 0 Å². The van der Waals surface area contributed by atoms with Crippen molar-refractivity contribution >= 4 is 17.9 Å². The molecule has 116 valence electrons. The lowest BCUT2D eigenvalue weighted by Gasteiger charge is -1.93. The highest BCUT2D eigenvalue weighted by atomic mass is 16.8. The largest absolute Gasteiger partial charge is 0.494 e. The minimum atomic E-state index is -1.01. The fourth-order valence-electron chi connectivity index (χ4n) is 1.15. The van der Waals surface area contributed by atoms with Gasteiger partial charge in [-0.25, -0.2) is 4.94 Å². The number of guanidine groups is 1. The maximum absolute atomic E-state index is 10.6. The number of nitrogens with two attached hydrogens (primary N) is 2. The van der Waals surface area contributed by atoms with Gasteiger partial charge in [0.25, 0.3) is 0 Å². The molecular weight excluding hydrogens is 310 g/mol. The van der Waals surface area contributed by atoms with E-state index < -0.39 is 39.4 Å². The van der Waals surface area contributed by atoms with E-state index in [4.69, 9.17) is 11.5 Å². The van der Waals surface area contributed by atoms with Crippen LogP contribution >= 0.6 is 0 Å². The minimum absolute atomic E-state index is 0.0404. The van der Waals surface area contributed by atoms with Crippen molar-refractivity contribution in [2.75, 3.05) is 0 Å². The Morgan fingerprint density at radius 1 is 1.14 bits per heavy atom. The van der Waals surface area contributed by atoms with E-state index in [1.165, 1.54) is 0 Å². The van der Waals surface area contributed by atoms with Crippen molar-refractivity contribution in [3.63, 3.8) is 0 Å². The third kappa shape index (κ3) is 2.61. The van der Waals surface area contributed by atoms with Gasteiger partial charge in [-0.3, -0.25) is 0 Å². The average Bonchev–Trinajstić information content (AvgIpc) is 2.99. The molecule has 2 aromatic rings. The molecule has 0 fully saturated rings. The van der Waals surface area contributed by atoms with E-state index in [0.717, 1.165) is 0 Å². The summed E-state index contributed by atoms with van der Waals surface area (Å²) < 4.78 is 0. The van der Waals surface area contributed by atoms with Crippen LogP contribution in [0.15, 0.2) is 5.16 Å². The molecular formula is C5H5N11O6. The summed E-state index contributed by atoms with van der Waals surface area (Å²) in [7, 11) is 0. The first kappa shape index (κ1) is 14.4. The van der Waals surface area contributed by atoms with Crippen molar-refractivity contribution in [2.24, 2.45) is 16.6 Å². The highest BCUT2D eigenvalue weighted by molar-refractivity contribution is 5.74. The fourth-order valence-corrected chi connectivity index (χ4v) is 1.15. The highest BCUT2D eigenvalue weighted by Gasteiger charge is 2.35. The van der Waals surface area contributed by atoms with Gasteiger partial charge in [-0.2, -0.15) is 0 Å². The van der Waals surface area contributed by atoms with Crippen molar-refractivity contribution in [2.45, 2.75) is 0 Å². The van der Waals surface area contributed by atoms with Gasteiger partial charge in [-0.1, -0.05) is 0 Å². The molecule has 2 rings (SSSR count). The maximum Gasteiger partial charge on any atom is 0.494 e. The molecule has 0 spiro atoms. The summed E-state index contributed by atoms with van der Waals surface area (Å²) in [5, 5.41) is 40.0. The van der Waals surface area contributed by atoms with Crippen molar-refractivity contribution < 1.29 is 20.0 Å². The van der Waals surface area contributed by atoms with Crippen LogP contribution in [0, 0.1) is 20.2 Å². The van der Waals surface area contributed by atoms with E-state index in [-0.39, 0.29) is 4.85 Å². The molecule has 22 heavy (non-hydrogen) atoms. The Morgan fingerprint density at radius 3 is 2.18 bits per heavy atom. The second kappa shape index (κ2) is 5.15. The summed E-state index contributed by atoms with van der Waals surface area (Å²) in [4.78, 5) is 30.6. The molecule has 0 amide bonds. The van der Waals surface area contributed by atoms with Crippen LogP contribution in [0.5, 0.6) is 0 Å². The number of nitro groups is 2. The van der Waals surface area contributed by atoms with E-state index >= 15 is 0 Å². The van der Waals surface area contributed by atoms with Crippen LogP contribution in [0.4, 0.5) is 11.9 Å². The number of nitrogens with zero attached hydrogens (tertiary/aromatic N) is 9. The molecule has 2 aromatic heterocycles. The van der Waals surface area contributed by atoms with Crippen LogP contribution in [-0.4, -0.2) is 50.9 Å². The fraction of sp³-hybridized carbons (Fsp3) is 0. The molecule has 2 heterocycles. The molecule has 0 aliphatic carbocycles. The SMILES string of the molecule is NC(N)=NOn1nc([N+](=O)[O-])nc1-c1nc([N+](=O)[O-])nn1O. The summed E-state index contributed by atoms with van der Waals surface area (Å²) >= 11 is 0. The second-order valence-electron chi connectivity index (χ2n) is 3.35. The maximum atomic E-state index is 10.6. The molecule has 0 aliphatic heterocycles. The minimum Gasteiger partial charge on any atom is -0.398 e. The monoisotopic (exact) mass is 315 g/mol. The van der Waals surface area contributed by atoms with Crippen molar-refractivity contribution in [1.82, 2.24) is 29.9 Å². The Kier molecular flexibility index (Phi) is 3.36. The summed E-state index contributed by atoms with van der Waals surface area (Å²) in [6.07, 6.45) is 0. The summed E-state index contributed by atoms with van der Waals surface area (Å²) in [6.45, 7) is 0. The smallest absolute Gasteiger partial charge is 0.398 e. The summed E-state index contributed by atoms with van der Waals surface area (Å²) in [5.41, 5.74) is 10.0. The number of hydrogen-bond donors (Lipinski definition) is 3. The van der Waals surface area contributed by atoms with Gasteiger partial charge in [-0.05, 0) is 25.0 Å². The molecule has 0 saturated carbocycles. The van der Waals surface area contributed by atoms with Crippen LogP contribution in [0.2, 0.25) is 0 Å². The number of hydrogen-bond acceptors (Lipinski definition) is 11. The first-order valence-electron chi connectivity index (χ1n) is 4.98. The van der Waals surface area contributed by atoms with Gasteiger partial charge >= 0.3 is 23.5 Å². The molecule has 0 bridgehead atoms. The quantitative estimate of drug-likeness (QED) is 0.166. The lowest BCUT2D eigenvalue weighted by atomic mass is 10.6. The van der Waals surface area contributed by atoms with Crippen LogP contribution < -0.4 is 16.4 Å². The van der Waals surface area contributed by atoms with E-state index in [0.29, 0.717) is 4.85 Å². The second-order valence-corrected chi connectivity index (χ2v) is 3.35. The van der Waals surface area contributed by atoms with Gasteiger partial charge in [0, 0.05) is 9.69 Å². The highest BCUT2D eigenvalue weighted by Crippen LogP contribution is 2.18. The van der Waals surface area contributed by atoms with E-state index in [1.807, 2.05) is 0 Å². The average molecular weight is 315 g/mol. The van der Waals surface area contributed by atoms with E-state index in [2.05, 4.69) is 30.3 Å². The number of rotatable bonds is 5. The summed E-state index contributed by atoms with van der Waals surface area (Å²) in [6, 6.07) is 0. The first-order chi connectivity index (χ1) is 10.3. The third-order valence-electron chi connectivity index (χ3n) is 1.90. The topological polar surface area (TPSA) is 242 Å². The zero-order valence-corrected chi connectivity index (χ0v) is 10.2. The predicted molar refractivity (Wildman–Crippen MR) is 61.9 cm³/mol. The normalized spacial score (nSPS) is 10.2. The Morgan fingerprint density at radius 2 is 1.68 bits per heavy atom. The van der Waals surface area contributed by atoms with E-state index in [9.17, 15) is 25.4 Å². The molecule has 0 atom stereocenters. The molecule has 17 nitrogen and oxygen atoms in total. The number of aromatic nitrogens is 6. The van der Waals surface area contributed by atoms with Crippen LogP contribution in [0.25, 0.3) is 11.6 Å². The van der Waals surface area contributed by atoms with Gasteiger partial charge in [0.1, 0.15) is 0 Å². The molecule has 0 aliphatic rings. The third-order valence-corrected chi connectivity index (χ3v) is 1.90. The zero-order valence-electron chi connectivity index (χ0n) is 10.2. The first-order valence-corrected chi connectivity index (χ1v) is 4.98. The number of oxime groups is 1. The van der Waals surface area contributed by atoms with E-state index in [1.54, 1.807) is 0 Å². The van der Waals surface area contributed by atoms with Crippen molar-refractivity contribution in [1.29, 1.82) is 0 Å². The van der Waals surface area contributed by atoms with Gasteiger partial charge < -0.3 is 36.9 Å². The zero-order chi connectivity index (χ0) is 16.4. The molecule has 0 radical (unpaired) electrons. The molecule has 17 heteroatoms. The molecule has 0 unspecified atom stereocenters. The predicted octanol–water partition coefficient (Wildman–Crippen LogP) is -2.79. The Labute approximate surface area is 117 Å². The van der Waals surface area contributed by atoms with Gasteiger partial charge in [0.15, 0.2) is 0 Å². The van der Waals surface area contributed by atoms with Crippen LogP contribution in [0.3, 0.4) is 0 Å². The molecule has 0 saturated heterocycles. The Bertz CT molecular complexity index is 770. The Hall–Kier alpha value is -4.05. The lowest BCUT2D eigenvalue weighted by molar-refractivity contribution is -0.395. The van der Waals surface area contributed by atoms with Gasteiger partial charge in [0.05, 0.1) is 10.2 Å². The van der Waals surface area contributed by atoms with Crippen molar-refractivity contribution in [3.05, 3.63) is 20.2 Å². The standard InChI is InChI=1S/C5H5N11O6/c6-3(7)12-22-14-2(9-5(11-14)16(20)21)1-8-4(15(18)19)10-13(1)17/h17H,(H4,6,7,12). The van der Waals surface area contributed by atoms with Crippen LogP contribution in [0.1, 0.15) is 0 Å². The van der Waals surface area contributed by atoms with Crippen LogP contribution in [-0.2, 0) is 0 Å². The van der Waals surface area contributed by atoms with Crippen molar-refractivity contribution in [3.8, 4) is 11.6 Å².